The van der Waals surface area contributed by atoms with E-state index in [9.17, 15) is 4.79 Å². The molecule has 0 aliphatic heterocycles. The maximum absolute atomic E-state index is 11.6. The average Bonchev–Trinajstić information content (AvgIpc) is 3.01. The molecule has 0 saturated heterocycles. The molecule has 0 unspecified atom stereocenters. The van der Waals surface area contributed by atoms with Gasteiger partial charge in [-0.25, -0.2) is 15.0 Å². The average molecular weight is 243 g/mol. The van der Waals surface area contributed by atoms with Crippen LogP contribution >= 0.6 is 0 Å². The minimum atomic E-state index is 0.0384. The molecule has 0 atom stereocenters. The lowest BCUT2D eigenvalue weighted by Crippen LogP contribution is -2.12. The van der Waals surface area contributed by atoms with Crippen LogP contribution in [0.1, 0.15) is 19.3 Å². The Labute approximate surface area is 104 Å². The van der Waals surface area contributed by atoms with Crippen LogP contribution in [0.4, 0.5) is 5.69 Å². The lowest BCUT2D eigenvalue weighted by Gasteiger charge is -2.04. The number of carbonyl (C=O) groups excluding carboxylic acids is 1. The van der Waals surface area contributed by atoms with Crippen molar-refractivity contribution in [3.05, 3.63) is 31.1 Å². The number of rotatable bonds is 4. The van der Waals surface area contributed by atoms with Crippen molar-refractivity contribution in [3.63, 3.8) is 0 Å². The van der Waals surface area contributed by atoms with Gasteiger partial charge in [0.2, 0.25) is 11.9 Å². The number of anilines is 1. The summed E-state index contributed by atoms with van der Waals surface area (Å²) in [7, 11) is 0. The van der Waals surface area contributed by atoms with Crippen molar-refractivity contribution < 1.29 is 4.79 Å². The summed E-state index contributed by atoms with van der Waals surface area (Å²) < 4.78 is 1.70. The van der Waals surface area contributed by atoms with Crippen LogP contribution in [0.2, 0.25) is 0 Å². The number of hydrogen-bond donors (Lipinski definition) is 1. The van der Waals surface area contributed by atoms with E-state index in [2.05, 4.69) is 20.3 Å². The minimum absolute atomic E-state index is 0.0384. The van der Waals surface area contributed by atoms with Crippen molar-refractivity contribution in [2.45, 2.75) is 19.3 Å². The molecule has 3 rings (SSSR count). The van der Waals surface area contributed by atoms with Crippen LogP contribution in [0.3, 0.4) is 0 Å². The van der Waals surface area contributed by atoms with Crippen molar-refractivity contribution in [3.8, 4) is 5.95 Å². The number of hydrogen-bond acceptors (Lipinski definition) is 4. The van der Waals surface area contributed by atoms with Crippen molar-refractivity contribution in [2.75, 3.05) is 5.32 Å². The van der Waals surface area contributed by atoms with Crippen LogP contribution in [0.5, 0.6) is 0 Å². The number of amides is 1. The maximum atomic E-state index is 11.6. The highest BCUT2D eigenvalue weighted by Crippen LogP contribution is 2.32. The standard InChI is InChI=1S/C12H13N5O/c18-11(5-9-1-2-9)16-10-6-14-12(15-7-10)17-4-3-13-8-17/h3-4,6-9H,1-2,5H2,(H,16,18). The van der Waals surface area contributed by atoms with Gasteiger partial charge in [-0.3, -0.25) is 9.36 Å². The van der Waals surface area contributed by atoms with Crippen LogP contribution in [-0.4, -0.2) is 25.4 Å². The largest absolute Gasteiger partial charge is 0.323 e. The first kappa shape index (κ1) is 10.9. The predicted molar refractivity (Wildman–Crippen MR) is 65.1 cm³/mol. The van der Waals surface area contributed by atoms with E-state index >= 15 is 0 Å². The molecule has 6 heteroatoms. The zero-order valence-electron chi connectivity index (χ0n) is 9.78. The predicted octanol–water partition coefficient (Wildman–Crippen LogP) is 1.40. The Bertz CT molecular complexity index is 530. The molecule has 92 valence electrons. The molecular formula is C12H13N5O. The fraction of sp³-hybridized carbons (Fsp3) is 0.333. The smallest absolute Gasteiger partial charge is 0.234 e. The summed E-state index contributed by atoms with van der Waals surface area (Å²) in [6, 6.07) is 0. The fourth-order valence-corrected chi connectivity index (χ4v) is 1.69. The highest BCUT2D eigenvalue weighted by molar-refractivity contribution is 5.90. The Morgan fingerprint density at radius 3 is 2.78 bits per heavy atom. The molecule has 0 spiro atoms. The van der Waals surface area contributed by atoms with Crippen molar-refractivity contribution in [1.82, 2.24) is 19.5 Å². The van der Waals surface area contributed by atoms with Gasteiger partial charge in [-0.1, -0.05) is 0 Å². The molecule has 2 heterocycles. The molecule has 1 saturated carbocycles. The minimum Gasteiger partial charge on any atom is -0.323 e. The Kier molecular flexibility index (Phi) is 2.76. The second kappa shape index (κ2) is 4.56. The summed E-state index contributed by atoms with van der Waals surface area (Å²) in [4.78, 5) is 23.8. The van der Waals surface area contributed by atoms with Crippen LogP contribution < -0.4 is 5.32 Å². The molecule has 1 fully saturated rings. The topological polar surface area (TPSA) is 72.7 Å². The molecule has 2 aromatic heterocycles. The third kappa shape index (κ3) is 2.53. The molecule has 0 bridgehead atoms. The number of imidazole rings is 1. The Balaban J connectivity index is 1.65. The van der Waals surface area contributed by atoms with Gasteiger partial charge in [0.05, 0.1) is 18.1 Å². The maximum Gasteiger partial charge on any atom is 0.234 e. The van der Waals surface area contributed by atoms with E-state index in [0.717, 1.165) is 0 Å². The first-order chi connectivity index (χ1) is 8.81. The van der Waals surface area contributed by atoms with E-state index < -0.39 is 0 Å². The Morgan fingerprint density at radius 2 is 2.17 bits per heavy atom. The highest BCUT2D eigenvalue weighted by atomic mass is 16.1. The van der Waals surface area contributed by atoms with E-state index in [1.54, 1.807) is 35.7 Å². The second-order valence-corrected chi connectivity index (χ2v) is 4.44. The lowest BCUT2D eigenvalue weighted by atomic mass is 10.3. The van der Waals surface area contributed by atoms with Gasteiger partial charge < -0.3 is 5.32 Å². The van der Waals surface area contributed by atoms with Crippen LogP contribution in [-0.2, 0) is 4.79 Å². The molecule has 1 aliphatic carbocycles. The zero-order chi connectivity index (χ0) is 12.4. The summed E-state index contributed by atoms with van der Waals surface area (Å²) in [5.74, 6) is 1.15. The summed E-state index contributed by atoms with van der Waals surface area (Å²) in [6.45, 7) is 0. The van der Waals surface area contributed by atoms with E-state index in [1.807, 2.05) is 0 Å². The van der Waals surface area contributed by atoms with Gasteiger partial charge in [-0.2, -0.15) is 0 Å². The van der Waals surface area contributed by atoms with Crippen LogP contribution in [0, 0.1) is 5.92 Å². The summed E-state index contributed by atoms with van der Waals surface area (Å²) in [6.07, 6.45) is 11.2. The summed E-state index contributed by atoms with van der Waals surface area (Å²) >= 11 is 0. The molecule has 0 radical (unpaired) electrons. The quantitative estimate of drug-likeness (QED) is 0.881. The first-order valence-corrected chi connectivity index (χ1v) is 5.91. The molecule has 1 amide bonds. The molecular weight excluding hydrogens is 230 g/mol. The van der Waals surface area contributed by atoms with Crippen LogP contribution in [0.15, 0.2) is 31.1 Å². The van der Waals surface area contributed by atoms with Gasteiger partial charge in [-0.15, -0.1) is 0 Å². The van der Waals surface area contributed by atoms with Gasteiger partial charge in [0.15, 0.2) is 0 Å². The van der Waals surface area contributed by atoms with Gasteiger partial charge in [0.25, 0.3) is 0 Å². The van der Waals surface area contributed by atoms with E-state index in [1.165, 1.54) is 12.8 Å². The van der Waals surface area contributed by atoms with E-state index in [-0.39, 0.29) is 5.91 Å². The number of aromatic nitrogens is 4. The first-order valence-electron chi connectivity index (χ1n) is 5.91. The Morgan fingerprint density at radius 1 is 1.39 bits per heavy atom. The van der Waals surface area contributed by atoms with Gasteiger partial charge in [-0.05, 0) is 18.8 Å². The van der Waals surface area contributed by atoms with Gasteiger partial charge >= 0.3 is 0 Å². The molecule has 18 heavy (non-hydrogen) atoms. The molecule has 1 aliphatic rings. The third-order valence-corrected chi connectivity index (χ3v) is 2.83. The molecule has 0 aromatic carbocycles. The van der Waals surface area contributed by atoms with Crippen molar-refractivity contribution in [1.29, 1.82) is 0 Å². The van der Waals surface area contributed by atoms with Crippen molar-refractivity contribution in [2.24, 2.45) is 5.92 Å². The normalized spacial score (nSPS) is 14.4. The number of carbonyl (C=O) groups is 1. The Hall–Kier alpha value is -2.24. The third-order valence-electron chi connectivity index (χ3n) is 2.83. The van der Waals surface area contributed by atoms with E-state index in [0.29, 0.717) is 24.0 Å². The van der Waals surface area contributed by atoms with E-state index in [4.69, 9.17) is 0 Å². The van der Waals surface area contributed by atoms with Gasteiger partial charge in [0.1, 0.15) is 6.33 Å². The summed E-state index contributed by atoms with van der Waals surface area (Å²) in [5, 5.41) is 2.80. The van der Waals surface area contributed by atoms with Crippen LogP contribution in [0.25, 0.3) is 5.95 Å². The van der Waals surface area contributed by atoms with Crippen molar-refractivity contribution >= 4 is 11.6 Å². The SMILES string of the molecule is O=C(CC1CC1)Nc1cnc(-n2ccnc2)nc1. The highest BCUT2D eigenvalue weighted by Gasteiger charge is 2.24. The monoisotopic (exact) mass is 243 g/mol. The molecule has 6 nitrogen and oxygen atoms in total. The fourth-order valence-electron chi connectivity index (χ4n) is 1.69. The zero-order valence-corrected chi connectivity index (χ0v) is 9.78. The van der Waals surface area contributed by atoms with Gasteiger partial charge in [0, 0.05) is 18.8 Å². The molecule has 1 N–H and O–H groups in total. The number of nitrogens with zero attached hydrogens (tertiary/aromatic N) is 4. The summed E-state index contributed by atoms with van der Waals surface area (Å²) in [5.41, 5.74) is 0.629. The second-order valence-electron chi connectivity index (χ2n) is 4.44. The molecule has 2 aromatic rings. The number of nitrogens with one attached hydrogen (secondary N) is 1. The lowest BCUT2D eigenvalue weighted by molar-refractivity contribution is -0.116.